The zero-order valence-corrected chi connectivity index (χ0v) is 11.2. The Hall–Kier alpha value is -1.13. The summed E-state index contributed by atoms with van der Waals surface area (Å²) in [6, 6.07) is 5.37. The van der Waals surface area contributed by atoms with Gasteiger partial charge >= 0.3 is 0 Å². The first kappa shape index (κ1) is 12.9. The Labute approximate surface area is 113 Å². The first-order chi connectivity index (χ1) is 9.18. The standard InChI is InChI=1S/C15H20FNO2/c1-10(18)15-11(16)4-2-6-13(15)17-8-9-19-14-7-3-5-12(14)17/h2,4,6,10,12,14,18H,3,5,7-9H2,1H3/t10-,12?,14?/m0/s1. The third-order valence-corrected chi connectivity index (χ3v) is 4.24. The van der Waals surface area contributed by atoms with Gasteiger partial charge in [0.25, 0.3) is 0 Å². The average molecular weight is 265 g/mol. The summed E-state index contributed by atoms with van der Waals surface area (Å²) < 4.78 is 19.8. The zero-order valence-electron chi connectivity index (χ0n) is 11.2. The molecule has 1 saturated heterocycles. The first-order valence-electron chi connectivity index (χ1n) is 7.03. The van der Waals surface area contributed by atoms with Crippen LogP contribution in [0.4, 0.5) is 10.1 Å². The lowest BCUT2D eigenvalue weighted by Crippen LogP contribution is -2.49. The molecule has 2 fully saturated rings. The topological polar surface area (TPSA) is 32.7 Å². The fourth-order valence-electron chi connectivity index (χ4n) is 3.41. The van der Waals surface area contributed by atoms with Gasteiger partial charge in [-0.25, -0.2) is 4.39 Å². The van der Waals surface area contributed by atoms with Gasteiger partial charge in [-0.05, 0) is 38.3 Å². The predicted octanol–water partition coefficient (Wildman–Crippen LogP) is 2.64. The van der Waals surface area contributed by atoms with E-state index in [0.717, 1.165) is 31.5 Å². The van der Waals surface area contributed by atoms with Crippen LogP contribution in [-0.4, -0.2) is 30.4 Å². The molecule has 1 saturated carbocycles. The Bertz CT molecular complexity index is 463. The van der Waals surface area contributed by atoms with Crippen molar-refractivity contribution in [2.24, 2.45) is 0 Å². The summed E-state index contributed by atoms with van der Waals surface area (Å²) in [7, 11) is 0. The van der Waals surface area contributed by atoms with Crippen LogP contribution in [0.1, 0.15) is 37.9 Å². The van der Waals surface area contributed by atoms with E-state index in [4.69, 9.17) is 4.74 Å². The Morgan fingerprint density at radius 2 is 2.26 bits per heavy atom. The number of nitrogens with zero attached hydrogens (tertiary/aromatic N) is 1. The molecule has 0 bridgehead atoms. The zero-order chi connectivity index (χ0) is 13.4. The minimum absolute atomic E-state index is 0.263. The molecule has 3 atom stereocenters. The van der Waals surface area contributed by atoms with Crippen molar-refractivity contribution < 1.29 is 14.2 Å². The fraction of sp³-hybridized carbons (Fsp3) is 0.600. The van der Waals surface area contributed by atoms with E-state index in [9.17, 15) is 9.50 Å². The van der Waals surface area contributed by atoms with Crippen molar-refractivity contribution in [2.75, 3.05) is 18.1 Å². The molecule has 2 unspecified atom stereocenters. The Balaban J connectivity index is 1.99. The molecule has 3 rings (SSSR count). The van der Waals surface area contributed by atoms with Gasteiger partial charge in [-0.1, -0.05) is 6.07 Å². The van der Waals surface area contributed by atoms with Crippen LogP contribution < -0.4 is 4.90 Å². The molecule has 0 radical (unpaired) electrons. The highest BCUT2D eigenvalue weighted by molar-refractivity contribution is 5.56. The third-order valence-electron chi connectivity index (χ3n) is 4.24. The smallest absolute Gasteiger partial charge is 0.131 e. The van der Waals surface area contributed by atoms with E-state index in [1.54, 1.807) is 13.0 Å². The van der Waals surface area contributed by atoms with E-state index >= 15 is 0 Å². The molecular formula is C15H20FNO2. The van der Waals surface area contributed by atoms with Gasteiger partial charge in [0.05, 0.1) is 24.9 Å². The highest BCUT2D eigenvalue weighted by Gasteiger charge is 2.37. The summed E-state index contributed by atoms with van der Waals surface area (Å²) in [5.74, 6) is -0.325. The van der Waals surface area contributed by atoms with Gasteiger partial charge in [0.15, 0.2) is 0 Å². The third kappa shape index (κ3) is 2.23. The predicted molar refractivity (Wildman–Crippen MR) is 71.8 cm³/mol. The van der Waals surface area contributed by atoms with E-state index in [0.29, 0.717) is 18.2 Å². The van der Waals surface area contributed by atoms with Crippen LogP contribution in [0.5, 0.6) is 0 Å². The van der Waals surface area contributed by atoms with E-state index in [1.165, 1.54) is 6.07 Å². The second-order valence-corrected chi connectivity index (χ2v) is 5.45. The Kier molecular flexibility index (Phi) is 3.46. The molecule has 1 aromatic rings. The summed E-state index contributed by atoms with van der Waals surface area (Å²) in [6.07, 6.45) is 2.80. The monoisotopic (exact) mass is 265 g/mol. The number of hydrogen-bond acceptors (Lipinski definition) is 3. The number of aliphatic hydroxyl groups is 1. The van der Waals surface area contributed by atoms with Crippen LogP contribution in [0.2, 0.25) is 0 Å². The van der Waals surface area contributed by atoms with Crippen molar-refractivity contribution in [2.45, 2.75) is 44.4 Å². The number of halogens is 1. The number of anilines is 1. The maximum atomic E-state index is 14.0. The lowest BCUT2D eigenvalue weighted by atomic mass is 10.0. The highest BCUT2D eigenvalue weighted by Crippen LogP contribution is 2.37. The highest BCUT2D eigenvalue weighted by atomic mass is 19.1. The molecule has 104 valence electrons. The SMILES string of the molecule is C[C@H](O)c1c(F)cccc1N1CCOC2CCCC21. The molecule has 3 nitrogen and oxygen atoms in total. The van der Waals surface area contributed by atoms with Crippen LogP contribution in [0.15, 0.2) is 18.2 Å². The summed E-state index contributed by atoms with van der Waals surface area (Å²) in [4.78, 5) is 2.23. The van der Waals surface area contributed by atoms with Crippen LogP contribution >= 0.6 is 0 Å². The van der Waals surface area contributed by atoms with Crippen LogP contribution in [0, 0.1) is 5.82 Å². The molecule has 1 N–H and O–H groups in total. The van der Waals surface area contributed by atoms with Crippen molar-refractivity contribution in [3.8, 4) is 0 Å². The fourth-order valence-corrected chi connectivity index (χ4v) is 3.41. The van der Waals surface area contributed by atoms with Crippen molar-refractivity contribution in [1.29, 1.82) is 0 Å². The number of aliphatic hydroxyl groups excluding tert-OH is 1. The van der Waals surface area contributed by atoms with Gasteiger partial charge < -0.3 is 14.7 Å². The molecule has 19 heavy (non-hydrogen) atoms. The van der Waals surface area contributed by atoms with Crippen LogP contribution in [0.25, 0.3) is 0 Å². The average Bonchev–Trinajstić information content (AvgIpc) is 2.85. The van der Waals surface area contributed by atoms with Crippen LogP contribution in [0.3, 0.4) is 0 Å². The Morgan fingerprint density at radius 1 is 1.42 bits per heavy atom. The lowest BCUT2D eigenvalue weighted by Gasteiger charge is -2.40. The molecule has 1 aliphatic heterocycles. The number of ether oxygens (including phenoxy) is 1. The van der Waals surface area contributed by atoms with Crippen molar-refractivity contribution in [3.05, 3.63) is 29.6 Å². The largest absolute Gasteiger partial charge is 0.389 e. The minimum atomic E-state index is -0.793. The van der Waals surface area contributed by atoms with Gasteiger partial charge in [0, 0.05) is 17.8 Å². The van der Waals surface area contributed by atoms with E-state index in [-0.39, 0.29) is 11.9 Å². The van der Waals surface area contributed by atoms with Crippen LogP contribution in [-0.2, 0) is 4.74 Å². The molecular weight excluding hydrogens is 245 g/mol. The van der Waals surface area contributed by atoms with Gasteiger partial charge in [-0.15, -0.1) is 0 Å². The number of hydrogen-bond donors (Lipinski definition) is 1. The molecule has 0 amide bonds. The Morgan fingerprint density at radius 3 is 3.05 bits per heavy atom. The van der Waals surface area contributed by atoms with Crippen molar-refractivity contribution >= 4 is 5.69 Å². The van der Waals surface area contributed by atoms with Gasteiger partial charge in [0.1, 0.15) is 5.82 Å². The van der Waals surface area contributed by atoms with Gasteiger partial charge in [-0.2, -0.15) is 0 Å². The first-order valence-corrected chi connectivity index (χ1v) is 7.03. The number of fused-ring (bicyclic) bond motifs is 1. The number of benzene rings is 1. The lowest BCUT2D eigenvalue weighted by molar-refractivity contribution is 0.0253. The quantitative estimate of drug-likeness (QED) is 0.892. The molecule has 1 aliphatic carbocycles. The van der Waals surface area contributed by atoms with Crippen molar-refractivity contribution in [1.82, 2.24) is 0 Å². The van der Waals surface area contributed by atoms with Crippen molar-refractivity contribution in [3.63, 3.8) is 0 Å². The van der Waals surface area contributed by atoms with E-state index in [2.05, 4.69) is 4.90 Å². The summed E-state index contributed by atoms with van der Waals surface area (Å²) in [5, 5.41) is 9.86. The second kappa shape index (κ2) is 5.10. The molecule has 4 heteroatoms. The summed E-state index contributed by atoms with van der Waals surface area (Å²) >= 11 is 0. The summed E-state index contributed by atoms with van der Waals surface area (Å²) in [5.41, 5.74) is 1.24. The molecule has 1 heterocycles. The van der Waals surface area contributed by atoms with E-state index in [1.807, 2.05) is 6.07 Å². The number of rotatable bonds is 2. The second-order valence-electron chi connectivity index (χ2n) is 5.45. The molecule has 2 aliphatic rings. The summed E-state index contributed by atoms with van der Waals surface area (Å²) in [6.45, 7) is 3.07. The normalized spacial score (nSPS) is 28.3. The van der Waals surface area contributed by atoms with Gasteiger partial charge in [-0.3, -0.25) is 0 Å². The maximum absolute atomic E-state index is 14.0. The minimum Gasteiger partial charge on any atom is -0.389 e. The molecule has 0 spiro atoms. The molecule has 0 aromatic heterocycles. The molecule has 1 aromatic carbocycles. The van der Waals surface area contributed by atoms with E-state index < -0.39 is 6.10 Å². The number of morpholine rings is 1. The van der Waals surface area contributed by atoms with Gasteiger partial charge in [0.2, 0.25) is 0 Å². The maximum Gasteiger partial charge on any atom is 0.131 e.